The minimum atomic E-state index is -1.34. The van der Waals surface area contributed by atoms with E-state index in [9.17, 15) is 15.3 Å². The molecule has 0 spiro atoms. The molecule has 0 saturated heterocycles. The van der Waals surface area contributed by atoms with E-state index < -0.39 is 17.3 Å². The molecule has 5 aliphatic carbocycles. The second kappa shape index (κ2) is 5.67. The Hall–Kier alpha value is -2.24. The van der Waals surface area contributed by atoms with Gasteiger partial charge in [-0.05, 0) is 67.9 Å². The summed E-state index contributed by atoms with van der Waals surface area (Å²) >= 11 is 6.51. The van der Waals surface area contributed by atoms with Crippen LogP contribution in [0.25, 0.3) is 0 Å². The molecule has 0 aromatic heterocycles. The van der Waals surface area contributed by atoms with Gasteiger partial charge in [0.25, 0.3) is 0 Å². The first-order valence-electron chi connectivity index (χ1n) is 10.5. The van der Waals surface area contributed by atoms with E-state index in [1.807, 2.05) is 0 Å². The van der Waals surface area contributed by atoms with Crippen LogP contribution in [0.15, 0.2) is 12.1 Å². The number of rotatable bonds is 3. The lowest BCUT2D eigenvalue weighted by Gasteiger charge is -2.56. The number of ether oxygens (including phenoxy) is 2. The highest BCUT2D eigenvalue weighted by molar-refractivity contribution is 6.31. The largest absolute Gasteiger partial charge is 0.454 e. The highest BCUT2D eigenvalue weighted by Gasteiger charge is 2.74. The molecular formula is C23H21ClN2O3. The van der Waals surface area contributed by atoms with Gasteiger partial charge in [-0.25, -0.2) is 0 Å². The van der Waals surface area contributed by atoms with Crippen LogP contribution in [0.1, 0.15) is 50.0 Å². The van der Waals surface area contributed by atoms with Crippen LogP contribution >= 0.6 is 11.6 Å². The Bertz CT molecular complexity index is 971. The Balaban J connectivity index is 1.39. The Morgan fingerprint density at radius 2 is 1.55 bits per heavy atom. The van der Waals surface area contributed by atoms with Gasteiger partial charge in [0, 0.05) is 22.4 Å². The van der Waals surface area contributed by atoms with Crippen LogP contribution in [0.2, 0.25) is 5.02 Å². The lowest BCUT2D eigenvalue weighted by atomic mass is 9.48. The van der Waals surface area contributed by atoms with Crippen LogP contribution in [0, 0.1) is 57.2 Å². The first kappa shape index (κ1) is 17.6. The van der Waals surface area contributed by atoms with Crippen molar-refractivity contribution in [1.29, 1.82) is 10.5 Å². The number of carbonyl (C=O) groups excluding carboxylic acids is 1. The van der Waals surface area contributed by atoms with Gasteiger partial charge in [-0.3, -0.25) is 4.79 Å². The van der Waals surface area contributed by atoms with E-state index in [1.54, 1.807) is 12.1 Å². The number of benzene rings is 1. The Kier molecular flexibility index (Phi) is 3.44. The number of nitriles is 2. The lowest BCUT2D eigenvalue weighted by Crippen LogP contribution is -2.50. The molecule has 7 rings (SSSR count). The third-order valence-electron chi connectivity index (χ3n) is 8.25. The van der Waals surface area contributed by atoms with Crippen molar-refractivity contribution in [3.63, 3.8) is 0 Å². The molecule has 1 aromatic rings. The highest BCUT2D eigenvalue weighted by atomic mass is 35.5. The average molecular weight is 409 g/mol. The number of nitrogens with zero attached hydrogens (tertiary/aromatic N) is 2. The third-order valence-corrected chi connectivity index (χ3v) is 8.57. The van der Waals surface area contributed by atoms with Crippen LogP contribution in [0.5, 0.6) is 11.5 Å². The maximum Gasteiger partial charge on any atom is 0.231 e. The van der Waals surface area contributed by atoms with Gasteiger partial charge in [-0.15, -0.1) is 0 Å². The number of halogens is 1. The second-order valence-corrected chi connectivity index (χ2v) is 10.2. The van der Waals surface area contributed by atoms with Crippen molar-refractivity contribution in [2.45, 2.75) is 44.4 Å². The van der Waals surface area contributed by atoms with E-state index in [-0.39, 0.29) is 18.0 Å². The molecule has 1 aliphatic heterocycles. The highest BCUT2D eigenvalue weighted by Crippen LogP contribution is 2.71. The molecule has 0 N–H and O–H groups in total. The maximum absolute atomic E-state index is 13.9. The van der Waals surface area contributed by atoms with E-state index in [4.69, 9.17) is 21.1 Å². The number of Topliss-reactive ketones (excluding diaryl/α,β-unsaturated/α-hetero) is 1. The zero-order valence-corrected chi connectivity index (χ0v) is 16.7. The van der Waals surface area contributed by atoms with Gasteiger partial charge in [0.2, 0.25) is 6.79 Å². The molecule has 4 bridgehead atoms. The molecule has 1 heterocycles. The zero-order valence-electron chi connectivity index (χ0n) is 16.0. The fourth-order valence-corrected chi connectivity index (χ4v) is 7.66. The summed E-state index contributed by atoms with van der Waals surface area (Å²) in [6.07, 6.45) is 6.54. The summed E-state index contributed by atoms with van der Waals surface area (Å²) in [4.78, 5) is 13.9. The predicted molar refractivity (Wildman–Crippen MR) is 103 cm³/mol. The SMILES string of the molecule is N#CC1(C#N)C(c2cc3c(cc2Cl)OCO3)[C@@H]1C(=O)C12CC3CC(CC(C3)C1)C2. The number of carbonyl (C=O) groups is 1. The monoisotopic (exact) mass is 408 g/mol. The molecular weight excluding hydrogens is 388 g/mol. The minimum Gasteiger partial charge on any atom is -0.454 e. The van der Waals surface area contributed by atoms with Crippen molar-refractivity contribution in [2.24, 2.45) is 34.5 Å². The molecule has 1 aromatic carbocycles. The topological polar surface area (TPSA) is 83.1 Å². The van der Waals surface area contributed by atoms with Crippen molar-refractivity contribution < 1.29 is 14.3 Å². The summed E-state index contributed by atoms with van der Waals surface area (Å²) in [5, 5.41) is 20.3. The molecule has 0 amide bonds. The van der Waals surface area contributed by atoms with Gasteiger partial charge in [-0.1, -0.05) is 11.6 Å². The number of fused-ring (bicyclic) bond motifs is 1. The van der Waals surface area contributed by atoms with Gasteiger partial charge >= 0.3 is 0 Å². The van der Waals surface area contributed by atoms with E-state index in [2.05, 4.69) is 12.1 Å². The zero-order chi connectivity index (χ0) is 20.0. The molecule has 0 radical (unpaired) electrons. The van der Waals surface area contributed by atoms with Gasteiger partial charge in [0.1, 0.15) is 5.78 Å². The predicted octanol–water partition coefficient (Wildman–Crippen LogP) is 4.60. The fourth-order valence-electron chi connectivity index (χ4n) is 7.39. The van der Waals surface area contributed by atoms with Crippen molar-refractivity contribution >= 4 is 17.4 Å². The molecule has 29 heavy (non-hydrogen) atoms. The molecule has 148 valence electrons. The standard InChI is InChI=1S/C23H21ClN2O3/c24-16-5-18-17(28-11-29-18)4-15(16)19-20(23(19,9-25)10-26)21(27)22-6-12-1-13(7-22)3-14(2-12)8-22/h4-5,12-14,19-20H,1-3,6-8,11H2/t12?,13?,14?,19?,20-,22?/m1/s1. The van der Waals surface area contributed by atoms with E-state index >= 15 is 0 Å². The van der Waals surface area contributed by atoms with Crippen LogP contribution in [-0.4, -0.2) is 12.6 Å². The summed E-state index contributed by atoms with van der Waals surface area (Å²) in [6.45, 7) is 0.122. The van der Waals surface area contributed by atoms with E-state index in [0.29, 0.717) is 39.8 Å². The van der Waals surface area contributed by atoms with Crippen molar-refractivity contribution in [3.8, 4) is 23.6 Å². The number of hydrogen-bond donors (Lipinski definition) is 0. The van der Waals surface area contributed by atoms with Gasteiger partial charge in [0.15, 0.2) is 16.9 Å². The molecule has 5 fully saturated rings. The number of ketones is 1. The van der Waals surface area contributed by atoms with E-state index in [0.717, 1.165) is 19.3 Å². The summed E-state index contributed by atoms with van der Waals surface area (Å²) < 4.78 is 10.8. The van der Waals surface area contributed by atoms with Crippen molar-refractivity contribution in [2.75, 3.05) is 6.79 Å². The summed E-state index contributed by atoms with van der Waals surface area (Å²) in [6, 6.07) is 7.82. The smallest absolute Gasteiger partial charge is 0.231 e. The number of hydrogen-bond acceptors (Lipinski definition) is 5. The molecule has 6 heteroatoms. The summed E-state index contributed by atoms with van der Waals surface area (Å²) in [5.41, 5.74) is -1.02. The van der Waals surface area contributed by atoms with Gasteiger partial charge in [-0.2, -0.15) is 10.5 Å². The lowest BCUT2D eigenvalue weighted by molar-refractivity contribution is -0.145. The minimum absolute atomic E-state index is 0.122. The third kappa shape index (κ3) is 2.23. The van der Waals surface area contributed by atoms with Gasteiger partial charge in [0.05, 0.1) is 18.1 Å². The quantitative estimate of drug-likeness (QED) is 0.729. The summed E-state index contributed by atoms with van der Waals surface area (Å²) in [5.74, 6) is 2.05. The molecule has 5 saturated carbocycles. The Morgan fingerprint density at radius 1 is 1.00 bits per heavy atom. The Labute approximate surface area is 174 Å². The molecule has 5 nitrogen and oxygen atoms in total. The second-order valence-electron chi connectivity index (χ2n) is 9.84. The maximum atomic E-state index is 13.9. The fraction of sp³-hybridized carbons (Fsp3) is 0.609. The van der Waals surface area contributed by atoms with Crippen LogP contribution in [0.4, 0.5) is 0 Å². The van der Waals surface area contributed by atoms with Crippen molar-refractivity contribution in [3.05, 3.63) is 22.7 Å². The molecule has 2 atom stereocenters. The first-order valence-corrected chi connectivity index (χ1v) is 10.8. The Morgan fingerprint density at radius 3 is 2.10 bits per heavy atom. The normalized spacial score (nSPS) is 39.6. The van der Waals surface area contributed by atoms with Gasteiger partial charge < -0.3 is 9.47 Å². The van der Waals surface area contributed by atoms with Crippen molar-refractivity contribution in [1.82, 2.24) is 0 Å². The van der Waals surface area contributed by atoms with E-state index in [1.165, 1.54) is 19.3 Å². The van der Waals surface area contributed by atoms with Crippen LogP contribution in [0.3, 0.4) is 0 Å². The first-order chi connectivity index (χ1) is 14.0. The average Bonchev–Trinajstić information content (AvgIpc) is 3.14. The summed E-state index contributed by atoms with van der Waals surface area (Å²) in [7, 11) is 0. The van der Waals surface area contributed by atoms with Crippen LogP contribution in [-0.2, 0) is 4.79 Å². The molecule has 1 unspecified atom stereocenters. The molecule has 6 aliphatic rings. The van der Waals surface area contributed by atoms with Crippen LogP contribution < -0.4 is 9.47 Å².